The Morgan fingerprint density at radius 2 is 1.72 bits per heavy atom. The lowest BCUT2D eigenvalue weighted by atomic mass is 9.48. The summed E-state index contributed by atoms with van der Waals surface area (Å²) in [5, 5.41) is 0. The number of nitrogens with two attached hydrogens (primary N) is 1. The average molecular weight is 398 g/mol. The van der Waals surface area contributed by atoms with E-state index < -0.39 is 5.41 Å². The molecule has 1 aromatic rings. The first-order valence-electron chi connectivity index (χ1n) is 10.6. The summed E-state index contributed by atoms with van der Waals surface area (Å²) in [6, 6.07) is 7.62. The Morgan fingerprint density at radius 3 is 2.28 bits per heavy atom. The zero-order valence-electron chi connectivity index (χ0n) is 17.6. The Bertz CT molecular complexity index is 857. The van der Waals surface area contributed by atoms with Crippen LogP contribution in [0.25, 0.3) is 0 Å². The summed E-state index contributed by atoms with van der Waals surface area (Å²) in [5.41, 5.74) is 6.95. The van der Waals surface area contributed by atoms with Gasteiger partial charge in [0.25, 0.3) is 5.91 Å². The molecule has 3 fully saturated rings. The maximum atomic E-state index is 13.2. The van der Waals surface area contributed by atoms with Crippen LogP contribution in [0.1, 0.15) is 49.0 Å². The third-order valence-corrected chi connectivity index (χ3v) is 7.57. The molecule has 2 heterocycles. The maximum absolute atomic E-state index is 13.2. The van der Waals surface area contributed by atoms with Crippen molar-refractivity contribution in [1.29, 1.82) is 0 Å². The van der Waals surface area contributed by atoms with Gasteiger partial charge in [-0.3, -0.25) is 14.4 Å². The summed E-state index contributed by atoms with van der Waals surface area (Å²) in [7, 11) is 0. The lowest BCUT2D eigenvalue weighted by Crippen LogP contribution is -2.59. The number of rotatable bonds is 3. The molecule has 2 atom stereocenters. The topological polar surface area (TPSA) is 83.7 Å². The van der Waals surface area contributed by atoms with Gasteiger partial charge < -0.3 is 15.5 Å². The van der Waals surface area contributed by atoms with Crippen molar-refractivity contribution >= 4 is 17.7 Å². The smallest absolute Gasteiger partial charge is 0.254 e. The van der Waals surface area contributed by atoms with Gasteiger partial charge in [0.05, 0.1) is 5.41 Å². The number of benzene rings is 1. The Morgan fingerprint density at radius 1 is 1.07 bits per heavy atom. The molecule has 156 valence electrons. The molecule has 1 saturated carbocycles. The Hall–Kier alpha value is -2.37. The predicted octanol–water partition coefficient (Wildman–Crippen LogP) is 2.21. The normalized spacial score (nSPS) is 28.6. The molecule has 0 spiro atoms. The summed E-state index contributed by atoms with van der Waals surface area (Å²) in [6.07, 6.45) is 2.10. The van der Waals surface area contributed by atoms with E-state index in [4.69, 9.17) is 5.73 Å². The molecule has 2 saturated heterocycles. The molecular weight excluding hydrogens is 366 g/mol. The summed E-state index contributed by atoms with van der Waals surface area (Å²) in [4.78, 5) is 41.8. The summed E-state index contributed by atoms with van der Waals surface area (Å²) in [6.45, 7) is 8.52. The van der Waals surface area contributed by atoms with Crippen LogP contribution >= 0.6 is 0 Å². The van der Waals surface area contributed by atoms with Crippen LogP contribution in [0.4, 0.5) is 0 Å². The largest absolute Gasteiger partial charge is 0.369 e. The van der Waals surface area contributed by atoms with E-state index in [0.29, 0.717) is 39.0 Å². The van der Waals surface area contributed by atoms with Gasteiger partial charge in [-0.2, -0.15) is 0 Å². The molecule has 6 nitrogen and oxygen atoms in total. The van der Waals surface area contributed by atoms with Gasteiger partial charge in [0, 0.05) is 37.7 Å². The number of nitrogens with zero attached hydrogens (tertiary/aromatic N) is 2. The lowest BCUT2D eigenvalue weighted by molar-refractivity contribution is -0.148. The zero-order valence-corrected chi connectivity index (χ0v) is 17.6. The van der Waals surface area contributed by atoms with Crippen molar-refractivity contribution in [1.82, 2.24) is 9.80 Å². The van der Waals surface area contributed by atoms with Crippen LogP contribution in [0, 0.1) is 29.6 Å². The highest BCUT2D eigenvalue weighted by Crippen LogP contribution is 2.62. The van der Waals surface area contributed by atoms with Crippen molar-refractivity contribution in [2.24, 2.45) is 28.4 Å². The molecule has 6 heteroatoms. The second-order valence-corrected chi connectivity index (χ2v) is 9.84. The van der Waals surface area contributed by atoms with E-state index in [-0.39, 0.29) is 35.0 Å². The number of carbonyl (C=O) groups is 3. The van der Waals surface area contributed by atoms with Gasteiger partial charge in [-0.15, -0.1) is 0 Å². The second kappa shape index (κ2) is 6.85. The van der Waals surface area contributed by atoms with Crippen molar-refractivity contribution in [3.63, 3.8) is 0 Å². The molecule has 4 rings (SSSR count). The standard InChI is InChI=1S/C23H31N3O3/c1-15-6-4-5-7-17(15)20(28)25-10-8-16(9-11-25)19(27)26-12-18-22(2,3)13-23(18,14-26)21(24)29/h4-7,16,18H,8-14H2,1-3H3,(H2,24,29)/t18-,23+/m1/s1. The van der Waals surface area contributed by atoms with Crippen LogP contribution in [-0.2, 0) is 9.59 Å². The zero-order chi connectivity index (χ0) is 21.0. The first-order valence-corrected chi connectivity index (χ1v) is 10.6. The molecule has 1 aliphatic carbocycles. The highest BCUT2D eigenvalue weighted by atomic mass is 16.2. The average Bonchev–Trinajstić information content (AvgIpc) is 3.04. The predicted molar refractivity (Wildman–Crippen MR) is 110 cm³/mol. The Labute approximate surface area is 172 Å². The molecule has 0 radical (unpaired) electrons. The Kier molecular flexibility index (Phi) is 4.71. The maximum Gasteiger partial charge on any atom is 0.254 e. The molecule has 3 amide bonds. The van der Waals surface area contributed by atoms with Gasteiger partial charge in [0.15, 0.2) is 0 Å². The fourth-order valence-corrected chi connectivity index (χ4v) is 5.97. The van der Waals surface area contributed by atoms with E-state index in [0.717, 1.165) is 17.5 Å². The quantitative estimate of drug-likeness (QED) is 0.849. The number of primary amides is 1. The fraction of sp³-hybridized carbons (Fsp3) is 0.609. The van der Waals surface area contributed by atoms with Gasteiger partial charge in [-0.25, -0.2) is 0 Å². The van der Waals surface area contributed by atoms with E-state index in [2.05, 4.69) is 13.8 Å². The molecule has 2 aliphatic heterocycles. The van der Waals surface area contributed by atoms with Crippen molar-refractivity contribution in [3.8, 4) is 0 Å². The number of amides is 3. The van der Waals surface area contributed by atoms with E-state index in [1.54, 1.807) is 0 Å². The van der Waals surface area contributed by atoms with Gasteiger partial charge in [0.1, 0.15) is 0 Å². The van der Waals surface area contributed by atoms with Crippen LogP contribution in [0.5, 0.6) is 0 Å². The van der Waals surface area contributed by atoms with E-state index in [1.807, 2.05) is 41.0 Å². The number of carbonyl (C=O) groups excluding carboxylic acids is 3. The van der Waals surface area contributed by atoms with Crippen LogP contribution in [0.3, 0.4) is 0 Å². The van der Waals surface area contributed by atoms with Crippen LogP contribution in [-0.4, -0.2) is 53.7 Å². The fourth-order valence-electron chi connectivity index (χ4n) is 5.97. The van der Waals surface area contributed by atoms with Crippen LogP contribution in [0.15, 0.2) is 24.3 Å². The molecule has 29 heavy (non-hydrogen) atoms. The minimum Gasteiger partial charge on any atom is -0.369 e. The SMILES string of the molecule is Cc1ccccc1C(=O)N1CCC(C(=O)N2C[C@@H]3C(C)(C)C[C@]3(C(N)=O)C2)CC1. The highest BCUT2D eigenvalue weighted by molar-refractivity contribution is 5.95. The number of piperidine rings is 1. The summed E-state index contributed by atoms with van der Waals surface area (Å²) in [5.74, 6) is -0.0298. The molecule has 0 aromatic heterocycles. The van der Waals surface area contributed by atoms with Gasteiger partial charge in [-0.05, 0) is 49.1 Å². The molecule has 3 aliphatic rings. The molecule has 0 unspecified atom stereocenters. The van der Waals surface area contributed by atoms with E-state index in [9.17, 15) is 14.4 Å². The highest BCUT2D eigenvalue weighted by Gasteiger charge is 2.66. The molecule has 0 bridgehead atoms. The minimum absolute atomic E-state index is 0.0441. The molecule has 1 aromatic carbocycles. The summed E-state index contributed by atoms with van der Waals surface area (Å²) < 4.78 is 0. The van der Waals surface area contributed by atoms with E-state index in [1.165, 1.54) is 0 Å². The lowest BCUT2D eigenvalue weighted by Gasteiger charge is -2.54. The van der Waals surface area contributed by atoms with Crippen molar-refractivity contribution in [2.45, 2.75) is 40.0 Å². The third-order valence-electron chi connectivity index (χ3n) is 7.57. The second-order valence-electron chi connectivity index (χ2n) is 9.84. The van der Waals surface area contributed by atoms with Crippen molar-refractivity contribution < 1.29 is 14.4 Å². The van der Waals surface area contributed by atoms with Crippen LogP contribution < -0.4 is 5.73 Å². The number of hydrogen-bond acceptors (Lipinski definition) is 3. The Balaban J connectivity index is 1.38. The first-order chi connectivity index (χ1) is 13.7. The number of hydrogen-bond donors (Lipinski definition) is 1. The third kappa shape index (κ3) is 3.13. The van der Waals surface area contributed by atoms with E-state index >= 15 is 0 Å². The molecular formula is C23H31N3O3. The van der Waals surface area contributed by atoms with Crippen LogP contribution in [0.2, 0.25) is 0 Å². The number of aryl methyl sites for hydroxylation is 1. The molecule has 2 N–H and O–H groups in total. The monoisotopic (exact) mass is 397 g/mol. The van der Waals surface area contributed by atoms with Gasteiger partial charge in [0.2, 0.25) is 11.8 Å². The van der Waals surface area contributed by atoms with Gasteiger partial charge in [-0.1, -0.05) is 32.0 Å². The number of fused-ring (bicyclic) bond motifs is 1. The van der Waals surface area contributed by atoms with Crippen molar-refractivity contribution in [2.75, 3.05) is 26.2 Å². The number of likely N-dealkylation sites (tertiary alicyclic amines) is 2. The first kappa shape index (κ1) is 19.9. The summed E-state index contributed by atoms with van der Waals surface area (Å²) >= 11 is 0. The van der Waals surface area contributed by atoms with Crippen molar-refractivity contribution in [3.05, 3.63) is 35.4 Å². The van der Waals surface area contributed by atoms with Gasteiger partial charge >= 0.3 is 0 Å². The minimum atomic E-state index is -0.541.